The molecule has 1 aliphatic carbocycles. The minimum Gasteiger partial charge on any atom is -0.468 e. The molecule has 3 nitrogen and oxygen atoms in total. The van der Waals surface area contributed by atoms with Crippen LogP contribution in [0.25, 0.3) is 0 Å². The van der Waals surface area contributed by atoms with E-state index in [0.29, 0.717) is 6.54 Å². The van der Waals surface area contributed by atoms with Crippen molar-refractivity contribution in [3.8, 4) is 0 Å². The number of hydrogen-bond donors (Lipinski definition) is 1. The number of halogens is 2. The SMILES string of the molecule is COC(=O)C12CCNCC1C2(F)F. The van der Waals surface area contributed by atoms with Crippen molar-refractivity contribution in [2.45, 2.75) is 12.3 Å². The van der Waals surface area contributed by atoms with Gasteiger partial charge in [-0.1, -0.05) is 0 Å². The van der Waals surface area contributed by atoms with E-state index in [0.717, 1.165) is 7.11 Å². The summed E-state index contributed by atoms with van der Waals surface area (Å²) in [5.74, 6) is -4.49. The number of methoxy groups -OCH3 is 1. The fourth-order valence-corrected chi connectivity index (χ4v) is 2.27. The number of ether oxygens (including phenoxy) is 1. The second-order valence-corrected chi connectivity index (χ2v) is 3.59. The second kappa shape index (κ2) is 2.41. The fourth-order valence-electron chi connectivity index (χ4n) is 2.27. The molecule has 2 aliphatic rings. The van der Waals surface area contributed by atoms with Crippen molar-refractivity contribution in [3.63, 3.8) is 0 Å². The average molecular weight is 191 g/mol. The highest BCUT2D eigenvalue weighted by Gasteiger charge is 2.85. The summed E-state index contributed by atoms with van der Waals surface area (Å²) in [6, 6.07) is 0. The molecule has 0 bridgehead atoms. The molecule has 13 heavy (non-hydrogen) atoms. The zero-order valence-electron chi connectivity index (χ0n) is 7.27. The van der Waals surface area contributed by atoms with Crippen molar-refractivity contribution >= 4 is 5.97 Å². The van der Waals surface area contributed by atoms with E-state index < -0.39 is 23.2 Å². The molecule has 1 aliphatic heterocycles. The third-order valence-electron chi connectivity index (χ3n) is 3.14. The Morgan fingerprint density at radius 2 is 2.31 bits per heavy atom. The Balaban J connectivity index is 2.26. The minimum absolute atomic E-state index is 0.178. The summed E-state index contributed by atoms with van der Waals surface area (Å²) in [5, 5.41) is 2.85. The highest BCUT2D eigenvalue weighted by Crippen LogP contribution is 2.69. The molecule has 0 aromatic heterocycles. The van der Waals surface area contributed by atoms with Crippen LogP contribution >= 0.6 is 0 Å². The van der Waals surface area contributed by atoms with Crippen LogP contribution in [0.2, 0.25) is 0 Å². The lowest BCUT2D eigenvalue weighted by Crippen LogP contribution is -2.34. The molecule has 5 heteroatoms. The predicted molar refractivity (Wildman–Crippen MR) is 40.4 cm³/mol. The lowest BCUT2D eigenvalue weighted by Gasteiger charge is -2.18. The molecule has 0 aromatic rings. The molecule has 0 radical (unpaired) electrons. The van der Waals surface area contributed by atoms with E-state index in [1.807, 2.05) is 0 Å². The molecule has 1 N–H and O–H groups in total. The summed E-state index contributed by atoms with van der Waals surface area (Å²) in [7, 11) is 1.16. The number of rotatable bonds is 1. The molecular formula is C8H11F2NO2. The molecule has 0 amide bonds. The normalized spacial score (nSPS) is 40.7. The van der Waals surface area contributed by atoms with Crippen molar-refractivity contribution < 1.29 is 18.3 Å². The first-order chi connectivity index (χ1) is 6.07. The van der Waals surface area contributed by atoms with Gasteiger partial charge in [0.25, 0.3) is 5.92 Å². The molecule has 74 valence electrons. The van der Waals surface area contributed by atoms with Crippen molar-refractivity contribution in [2.75, 3.05) is 20.2 Å². The van der Waals surface area contributed by atoms with E-state index in [1.165, 1.54) is 0 Å². The number of hydrogen-bond acceptors (Lipinski definition) is 3. The summed E-state index contributed by atoms with van der Waals surface area (Å²) in [6.07, 6.45) is 0.178. The maximum absolute atomic E-state index is 13.3. The topological polar surface area (TPSA) is 38.3 Å². The van der Waals surface area contributed by atoms with Crippen molar-refractivity contribution in [1.82, 2.24) is 5.32 Å². The first kappa shape index (κ1) is 8.87. The maximum atomic E-state index is 13.3. The van der Waals surface area contributed by atoms with Gasteiger partial charge in [-0.25, -0.2) is 8.78 Å². The third-order valence-corrected chi connectivity index (χ3v) is 3.14. The summed E-state index contributed by atoms with van der Waals surface area (Å²) >= 11 is 0. The number of alkyl halides is 2. The Bertz CT molecular complexity index is 257. The summed E-state index contributed by atoms with van der Waals surface area (Å²) < 4.78 is 30.9. The number of piperidine rings is 1. The molecule has 0 spiro atoms. The quantitative estimate of drug-likeness (QED) is 0.610. The van der Waals surface area contributed by atoms with Gasteiger partial charge < -0.3 is 10.1 Å². The highest BCUT2D eigenvalue weighted by molar-refractivity contribution is 5.83. The van der Waals surface area contributed by atoms with Gasteiger partial charge in [-0.2, -0.15) is 0 Å². The molecule has 1 saturated carbocycles. The van der Waals surface area contributed by atoms with Crippen molar-refractivity contribution in [3.05, 3.63) is 0 Å². The van der Waals surface area contributed by atoms with Crippen LogP contribution in [-0.4, -0.2) is 32.1 Å². The van der Waals surface area contributed by atoms with E-state index in [1.54, 1.807) is 0 Å². The summed E-state index contributed by atoms with van der Waals surface area (Å²) in [4.78, 5) is 11.2. The molecule has 1 saturated heterocycles. The van der Waals surface area contributed by atoms with Crippen LogP contribution in [0.1, 0.15) is 6.42 Å². The van der Waals surface area contributed by atoms with Crippen molar-refractivity contribution in [2.24, 2.45) is 11.3 Å². The van der Waals surface area contributed by atoms with Gasteiger partial charge in [0.2, 0.25) is 0 Å². The van der Waals surface area contributed by atoms with Gasteiger partial charge in [-0.05, 0) is 13.0 Å². The number of carbonyl (C=O) groups is 1. The molecule has 1 heterocycles. The Morgan fingerprint density at radius 1 is 1.62 bits per heavy atom. The van der Waals surface area contributed by atoms with Crippen LogP contribution in [0.5, 0.6) is 0 Å². The largest absolute Gasteiger partial charge is 0.468 e. The maximum Gasteiger partial charge on any atom is 0.318 e. The number of fused-ring (bicyclic) bond motifs is 1. The minimum atomic E-state index is -2.87. The summed E-state index contributed by atoms with van der Waals surface area (Å²) in [6.45, 7) is 0.670. The van der Waals surface area contributed by atoms with Crippen LogP contribution in [0.3, 0.4) is 0 Å². The Hall–Kier alpha value is -0.710. The van der Waals surface area contributed by atoms with Gasteiger partial charge in [-0.3, -0.25) is 4.79 Å². The van der Waals surface area contributed by atoms with Gasteiger partial charge in [0.15, 0.2) is 0 Å². The molecule has 2 fully saturated rings. The van der Waals surface area contributed by atoms with E-state index in [4.69, 9.17) is 0 Å². The fraction of sp³-hybridized carbons (Fsp3) is 0.875. The van der Waals surface area contributed by atoms with Gasteiger partial charge in [0, 0.05) is 6.54 Å². The van der Waals surface area contributed by atoms with Crippen LogP contribution in [-0.2, 0) is 9.53 Å². The van der Waals surface area contributed by atoms with Crippen molar-refractivity contribution in [1.29, 1.82) is 0 Å². The molecule has 2 rings (SSSR count). The van der Waals surface area contributed by atoms with Crippen LogP contribution in [0.15, 0.2) is 0 Å². The van der Waals surface area contributed by atoms with Gasteiger partial charge >= 0.3 is 5.97 Å². The first-order valence-corrected chi connectivity index (χ1v) is 4.24. The molecule has 2 atom stereocenters. The third kappa shape index (κ3) is 0.829. The molecular weight excluding hydrogens is 180 g/mol. The van der Waals surface area contributed by atoms with Gasteiger partial charge in [-0.15, -0.1) is 0 Å². The lowest BCUT2D eigenvalue weighted by molar-refractivity contribution is -0.152. The van der Waals surface area contributed by atoms with Crippen LogP contribution in [0, 0.1) is 11.3 Å². The predicted octanol–water partition coefficient (Wildman–Crippen LogP) is 0.404. The Labute approximate surface area is 74.4 Å². The van der Waals surface area contributed by atoms with E-state index in [-0.39, 0.29) is 13.0 Å². The standard InChI is InChI=1S/C8H11F2NO2/c1-13-6(12)7-2-3-11-4-5(7)8(7,9)10/h5,11H,2-4H2,1H3. The molecule has 2 unspecified atom stereocenters. The average Bonchev–Trinajstić information content (AvgIpc) is 2.65. The van der Waals surface area contributed by atoms with E-state index in [2.05, 4.69) is 10.1 Å². The number of nitrogens with one attached hydrogen (secondary N) is 1. The van der Waals surface area contributed by atoms with Gasteiger partial charge in [0.05, 0.1) is 13.0 Å². The number of esters is 1. The van der Waals surface area contributed by atoms with Crippen LogP contribution in [0.4, 0.5) is 8.78 Å². The zero-order valence-corrected chi connectivity index (χ0v) is 7.27. The van der Waals surface area contributed by atoms with Gasteiger partial charge in [0.1, 0.15) is 5.41 Å². The van der Waals surface area contributed by atoms with Crippen LogP contribution < -0.4 is 5.32 Å². The first-order valence-electron chi connectivity index (χ1n) is 4.24. The lowest BCUT2D eigenvalue weighted by atomic mass is 9.96. The number of carbonyl (C=O) groups excluding carboxylic acids is 1. The second-order valence-electron chi connectivity index (χ2n) is 3.59. The van der Waals surface area contributed by atoms with E-state index in [9.17, 15) is 13.6 Å². The smallest absolute Gasteiger partial charge is 0.318 e. The summed E-state index contributed by atoms with van der Waals surface area (Å²) in [5.41, 5.74) is -1.51. The van der Waals surface area contributed by atoms with E-state index >= 15 is 0 Å². The monoisotopic (exact) mass is 191 g/mol. The Morgan fingerprint density at radius 3 is 2.85 bits per heavy atom. The highest BCUT2D eigenvalue weighted by atomic mass is 19.3. The molecule has 0 aromatic carbocycles. The zero-order chi connectivity index (χ0) is 9.69. The Kier molecular flexibility index (Phi) is 1.64.